The fourth-order valence-corrected chi connectivity index (χ4v) is 14.9. The molecule has 5 heterocycles. The summed E-state index contributed by atoms with van der Waals surface area (Å²) in [6.45, 7) is 0. The molecule has 0 amide bonds. The van der Waals surface area contributed by atoms with Gasteiger partial charge >= 0.3 is 20.4 Å². The van der Waals surface area contributed by atoms with Crippen LogP contribution in [0.1, 0.15) is 0 Å². The van der Waals surface area contributed by atoms with Crippen LogP contribution in [0.4, 0.5) is 0 Å². The normalized spacial score (nSPS) is 12.1. The molecule has 270 valence electrons. The molecule has 0 spiro atoms. The van der Waals surface area contributed by atoms with Crippen molar-refractivity contribution in [1.29, 1.82) is 0 Å². The molecule has 0 atom stereocenters. The van der Waals surface area contributed by atoms with Gasteiger partial charge in [-0.05, 0) is 52.2 Å². The number of hydrogen-bond donors (Lipinski definition) is 0. The van der Waals surface area contributed by atoms with E-state index in [-0.39, 0.29) is 20.4 Å². The Hall–Kier alpha value is -6.20. The zero-order valence-electron chi connectivity index (χ0n) is 30.3. The Morgan fingerprint density at radius 3 is 2.00 bits per heavy atom. The van der Waals surface area contributed by atoms with Crippen LogP contribution >= 0.6 is 11.3 Å². The Bertz CT molecular complexity index is 3460. The molecular weight excluding hydrogens is 823 g/mol. The monoisotopic (exact) mass is 852 g/mol. The molecule has 0 radical (unpaired) electrons. The number of para-hydroxylation sites is 1. The van der Waals surface area contributed by atoms with Crippen LogP contribution in [-0.2, 0) is 20.4 Å². The molecule has 57 heavy (non-hydrogen) atoms. The molecule has 0 aliphatic carbocycles. The number of imidazole rings is 1. The molecule has 12 rings (SSSR count). The maximum absolute atomic E-state index is 5.06. The first kappa shape index (κ1) is 34.1. The molecule has 12 aromatic rings. The molecule has 0 aliphatic heterocycles. The van der Waals surface area contributed by atoms with E-state index in [4.69, 9.17) is 9.97 Å². The van der Waals surface area contributed by atoms with Crippen molar-refractivity contribution >= 4 is 110 Å². The summed E-state index contributed by atoms with van der Waals surface area (Å²) in [5.74, 6) is 0. The topological polar surface area (TPSA) is 35.1 Å². The number of rotatable bonds is 5. The van der Waals surface area contributed by atoms with Gasteiger partial charge in [0.15, 0.2) is 0 Å². The van der Waals surface area contributed by atoms with Crippen molar-refractivity contribution in [3.63, 3.8) is 0 Å². The van der Waals surface area contributed by atoms with Gasteiger partial charge < -0.3 is 8.97 Å². The molecule has 0 fully saturated rings. The molecule has 0 saturated heterocycles. The van der Waals surface area contributed by atoms with Gasteiger partial charge in [-0.1, -0.05) is 108 Å². The quantitative estimate of drug-likeness (QED) is 0.0749. The van der Waals surface area contributed by atoms with E-state index in [1.165, 1.54) is 41.3 Å². The van der Waals surface area contributed by atoms with Crippen LogP contribution in [0, 0.1) is 12.1 Å². The number of pyridine rings is 2. The largest absolute Gasteiger partial charge is 2.00 e. The minimum Gasteiger partial charge on any atom is -0.340 e. The van der Waals surface area contributed by atoms with Gasteiger partial charge in [-0.2, -0.15) is 23.4 Å². The third-order valence-corrected chi connectivity index (χ3v) is 17.3. The Balaban J connectivity index is 0.00000374. The predicted molar refractivity (Wildman–Crippen MR) is 237 cm³/mol. The first-order valence-electron chi connectivity index (χ1n) is 18.8. The van der Waals surface area contributed by atoms with Crippen molar-refractivity contribution in [3.05, 3.63) is 195 Å². The number of aromatic nitrogens is 4. The van der Waals surface area contributed by atoms with Gasteiger partial charge in [-0.25, -0.2) is 4.98 Å². The summed E-state index contributed by atoms with van der Waals surface area (Å²) in [5, 5.41) is 13.1. The van der Waals surface area contributed by atoms with Crippen molar-refractivity contribution in [2.24, 2.45) is 0 Å². The number of fused-ring (bicyclic) bond motifs is 13. The van der Waals surface area contributed by atoms with E-state index >= 15 is 0 Å². The molecule has 7 aromatic carbocycles. The number of thiophene rings is 1. The van der Waals surface area contributed by atoms with E-state index in [0.717, 1.165) is 54.5 Å². The van der Waals surface area contributed by atoms with E-state index in [1.807, 2.05) is 23.7 Å². The summed E-state index contributed by atoms with van der Waals surface area (Å²) < 4.78 is 7.09. The molecule has 0 saturated carbocycles. The van der Waals surface area contributed by atoms with E-state index in [1.54, 1.807) is 0 Å². The first-order chi connectivity index (χ1) is 27.8. The van der Waals surface area contributed by atoms with E-state index < -0.39 is 8.07 Å². The van der Waals surface area contributed by atoms with Gasteiger partial charge in [0.2, 0.25) is 0 Å². The Labute approximate surface area is 347 Å². The minimum absolute atomic E-state index is 0. The second kappa shape index (κ2) is 13.2. The van der Waals surface area contributed by atoms with Gasteiger partial charge in [0.05, 0.1) is 11.2 Å². The van der Waals surface area contributed by atoms with Gasteiger partial charge in [-0.3, -0.25) is 4.98 Å². The number of benzene rings is 7. The van der Waals surface area contributed by atoms with E-state index in [0.29, 0.717) is 0 Å². The van der Waals surface area contributed by atoms with Crippen molar-refractivity contribution in [3.8, 4) is 5.69 Å². The molecule has 0 bridgehead atoms. The van der Waals surface area contributed by atoms with Gasteiger partial charge in [0.1, 0.15) is 13.7 Å². The van der Waals surface area contributed by atoms with Crippen molar-refractivity contribution in [2.75, 3.05) is 0 Å². The molecule has 0 aliphatic rings. The van der Waals surface area contributed by atoms with E-state index in [2.05, 4.69) is 191 Å². The average molecular weight is 853 g/mol. The molecule has 4 nitrogen and oxygen atoms in total. The van der Waals surface area contributed by atoms with Gasteiger partial charge in [0, 0.05) is 55.1 Å². The van der Waals surface area contributed by atoms with Crippen LogP contribution in [0.2, 0.25) is 0 Å². The van der Waals surface area contributed by atoms with Crippen LogP contribution in [0.15, 0.2) is 182 Å². The van der Waals surface area contributed by atoms with Crippen LogP contribution < -0.4 is 20.7 Å². The zero-order chi connectivity index (χ0) is 36.8. The maximum atomic E-state index is 5.06. The van der Waals surface area contributed by atoms with Crippen LogP contribution in [-0.4, -0.2) is 27.0 Å². The van der Waals surface area contributed by atoms with Crippen LogP contribution in [0.5, 0.6) is 0 Å². The Morgan fingerprint density at radius 1 is 0.474 bits per heavy atom. The predicted octanol–water partition coefficient (Wildman–Crippen LogP) is 9.48. The molecule has 0 N–H and O–H groups in total. The summed E-state index contributed by atoms with van der Waals surface area (Å²) in [4.78, 5) is 9.97. The second-order valence-electron chi connectivity index (χ2n) is 14.4. The fraction of sp³-hybridized carbons (Fsp3) is 0. The Morgan fingerprint density at radius 2 is 1.18 bits per heavy atom. The summed E-state index contributed by atoms with van der Waals surface area (Å²) in [6.07, 6.45) is 5.85. The second-order valence-corrected chi connectivity index (χ2v) is 19.2. The van der Waals surface area contributed by atoms with Gasteiger partial charge in [0.25, 0.3) is 0 Å². The average Bonchev–Trinajstić information content (AvgIpc) is 4.00. The maximum Gasteiger partial charge on any atom is 2.00 e. The zero-order valence-corrected chi connectivity index (χ0v) is 33.7. The van der Waals surface area contributed by atoms with Gasteiger partial charge in [-0.15, -0.1) is 46.2 Å². The first-order valence-corrected chi connectivity index (χ1v) is 21.6. The minimum atomic E-state index is -3.08. The SMILES string of the molecule is [Pd+2].[c-]1c(-n2c3ccc4sc5ccccc5c4c3c3cccnc32)cccc1[Si](c1[c-]c2c(cc1)c1ccccc1n1ccnc21)(c1ccccc1)c1ccccc1. The van der Waals surface area contributed by atoms with Crippen molar-refractivity contribution in [2.45, 2.75) is 0 Å². The smallest absolute Gasteiger partial charge is 0.340 e. The Kier molecular flexibility index (Phi) is 7.89. The van der Waals surface area contributed by atoms with Crippen molar-refractivity contribution in [1.82, 2.24) is 18.9 Å². The fourth-order valence-electron chi connectivity index (χ4n) is 9.22. The van der Waals surface area contributed by atoms with Crippen LogP contribution in [0.3, 0.4) is 0 Å². The summed E-state index contributed by atoms with van der Waals surface area (Å²) in [7, 11) is -3.08. The third-order valence-electron chi connectivity index (χ3n) is 11.5. The molecule has 7 heteroatoms. The molecule has 5 aromatic heterocycles. The summed E-state index contributed by atoms with van der Waals surface area (Å²) in [5.41, 5.74) is 5.06. The number of nitrogens with zero attached hydrogens (tertiary/aromatic N) is 4. The summed E-state index contributed by atoms with van der Waals surface area (Å²) in [6, 6.07) is 67.7. The number of hydrogen-bond acceptors (Lipinski definition) is 3. The van der Waals surface area contributed by atoms with Crippen molar-refractivity contribution < 1.29 is 20.4 Å². The van der Waals surface area contributed by atoms with Crippen LogP contribution in [0.25, 0.3) is 75.1 Å². The molecule has 0 unspecified atom stereocenters. The standard InChI is InChI=1S/C50H30N4SSi.Pd/c1-3-14-34(15-4-1)56(35-16-5-2-6-17-35,37-24-25-38-39-19-7-9-22-43(39)53-30-29-52-49(53)42(38)32-37)36-18-11-13-33(31-36)54-44-26-27-46-48(40-20-8-10-23-45(40)55-46)47(44)41-21-12-28-51-50(41)54;/h1-30H;/q-2;+2. The van der Waals surface area contributed by atoms with E-state index in [9.17, 15) is 0 Å². The summed E-state index contributed by atoms with van der Waals surface area (Å²) >= 11 is 1.85. The molecular formula is C50H30N4PdSSi. The third kappa shape index (κ3) is 4.87.